The van der Waals surface area contributed by atoms with E-state index < -0.39 is 21.4 Å². The van der Waals surface area contributed by atoms with Gasteiger partial charge < -0.3 is 10.2 Å². The number of amides is 1. The van der Waals surface area contributed by atoms with Crippen molar-refractivity contribution in [2.75, 3.05) is 13.6 Å². The van der Waals surface area contributed by atoms with E-state index >= 15 is 0 Å². The first-order valence-electron chi connectivity index (χ1n) is 5.19. The first-order valence-corrected chi connectivity index (χ1v) is 6.69. The Morgan fingerprint density at radius 1 is 1.65 bits per heavy atom. The van der Waals surface area contributed by atoms with Crippen LogP contribution in [0.1, 0.15) is 13.3 Å². The zero-order chi connectivity index (χ0) is 13.1. The molecule has 1 amide bonds. The molecule has 6 nitrogen and oxygen atoms in total. The maximum Gasteiger partial charge on any atom is 0.286 e. The van der Waals surface area contributed by atoms with Crippen LogP contribution in [0.2, 0.25) is 0 Å². The van der Waals surface area contributed by atoms with E-state index in [0.717, 1.165) is 0 Å². The molecule has 0 aromatic rings. The van der Waals surface area contributed by atoms with E-state index in [4.69, 9.17) is 4.55 Å². The van der Waals surface area contributed by atoms with Crippen LogP contribution in [0.25, 0.3) is 0 Å². The van der Waals surface area contributed by atoms with E-state index in [1.807, 2.05) is 0 Å². The molecule has 1 rings (SSSR count). The average Bonchev–Trinajstić information content (AvgIpc) is 2.23. The van der Waals surface area contributed by atoms with Gasteiger partial charge in [0.25, 0.3) is 10.1 Å². The van der Waals surface area contributed by atoms with E-state index in [1.165, 1.54) is 0 Å². The zero-order valence-corrected chi connectivity index (χ0v) is 10.6. The van der Waals surface area contributed by atoms with Gasteiger partial charge in [-0.05, 0) is 18.7 Å². The van der Waals surface area contributed by atoms with E-state index in [2.05, 4.69) is 5.32 Å². The molecule has 1 aliphatic heterocycles. The molecule has 17 heavy (non-hydrogen) atoms. The Morgan fingerprint density at radius 2 is 2.29 bits per heavy atom. The van der Waals surface area contributed by atoms with Crippen LogP contribution in [0.3, 0.4) is 0 Å². The smallest absolute Gasteiger partial charge is 0.286 e. The van der Waals surface area contributed by atoms with Crippen LogP contribution in [-0.2, 0) is 14.9 Å². The Hall–Kier alpha value is -1.34. The van der Waals surface area contributed by atoms with Crippen molar-refractivity contribution in [1.29, 1.82) is 0 Å². The second kappa shape index (κ2) is 5.33. The molecule has 1 heterocycles. The van der Waals surface area contributed by atoms with Gasteiger partial charge in [0, 0.05) is 19.2 Å². The van der Waals surface area contributed by atoms with Crippen molar-refractivity contribution >= 4 is 16.0 Å². The fourth-order valence-electron chi connectivity index (χ4n) is 1.45. The van der Waals surface area contributed by atoms with Gasteiger partial charge in [-0.1, -0.05) is 13.0 Å². The molecule has 0 fully saturated rings. The molecule has 0 aromatic heterocycles. The molecular formula is C10H16N2O4S. The molecule has 0 spiro atoms. The minimum Gasteiger partial charge on any atom is -0.376 e. The Morgan fingerprint density at radius 3 is 2.76 bits per heavy atom. The van der Waals surface area contributed by atoms with Crippen LogP contribution in [0.15, 0.2) is 23.9 Å². The molecule has 2 N–H and O–H groups in total. The summed E-state index contributed by atoms with van der Waals surface area (Å²) in [6.45, 7) is 1.98. The average molecular weight is 260 g/mol. The summed E-state index contributed by atoms with van der Waals surface area (Å²) in [5.41, 5.74) is 0.456. The van der Waals surface area contributed by atoms with Crippen molar-refractivity contribution in [3.63, 3.8) is 0 Å². The van der Waals surface area contributed by atoms with E-state index in [9.17, 15) is 13.2 Å². The summed E-state index contributed by atoms with van der Waals surface area (Å²) >= 11 is 0. The Labute approximate surface area is 101 Å². The number of nitrogens with one attached hydrogen (secondary N) is 1. The largest absolute Gasteiger partial charge is 0.376 e. The van der Waals surface area contributed by atoms with Gasteiger partial charge in [0.15, 0.2) is 5.37 Å². The number of allylic oxidation sites excluding steroid dienone is 2. The van der Waals surface area contributed by atoms with Crippen LogP contribution < -0.4 is 5.32 Å². The lowest BCUT2D eigenvalue weighted by atomic mass is 10.2. The summed E-state index contributed by atoms with van der Waals surface area (Å²) < 4.78 is 30.8. The van der Waals surface area contributed by atoms with Gasteiger partial charge in [-0.15, -0.1) is 0 Å². The standard InChI is InChI=1S/C10H16N2O4S/c1-3-9(17(14,15)16)11-10(13)8-5-4-6-12(2)7-8/h4-6,9H,3,7H2,1-2H3,(H,11,13)(H,14,15,16). The van der Waals surface area contributed by atoms with E-state index in [0.29, 0.717) is 12.1 Å². The van der Waals surface area contributed by atoms with Crippen molar-refractivity contribution in [1.82, 2.24) is 10.2 Å². The number of hydrogen-bond acceptors (Lipinski definition) is 4. The minimum absolute atomic E-state index is 0.115. The van der Waals surface area contributed by atoms with Gasteiger partial charge in [0.1, 0.15) is 0 Å². The Kier molecular flexibility index (Phi) is 4.30. The van der Waals surface area contributed by atoms with Crippen molar-refractivity contribution < 1.29 is 17.8 Å². The summed E-state index contributed by atoms with van der Waals surface area (Å²) in [6.07, 6.45) is 5.24. The lowest BCUT2D eigenvalue weighted by Crippen LogP contribution is -2.42. The van der Waals surface area contributed by atoms with Crippen LogP contribution in [0.5, 0.6) is 0 Å². The Bertz CT molecular complexity index is 453. The van der Waals surface area contributed by atoms with Crippen LogP contribution in [0, 0.1) is 0 Å². The predicted octanol–water partition coefficient (Wildman–Crippen LogP) is 0.112. The van der Waals surface area contributed by atoms with Crippen LogP contribution in [0.4, 0.5) is 0 Å². The number of carbonyl (C=O) groups is 1. The molecule has 1 atom stereocenters. The van der Waals surface area contributed by atoms with Gasteiger partial charge in [0.2, 0.25) is 5.91 Å². The molecule has 1 aliphatic rings. The Balaban J connectivity index is 2.72. The maximum atomic E-state index is 11.7. The van der Waals surface area contributed by atoms with Crippen molar-refractivity contribution in [3.05, 3.63) is 23.9 Å². The zero-order valence-electron chi connectivity index (χ0n) is 9.75. The summed E-state index contributed by atoms with van der Waals surface area (Å²) in [6, 6.07) is 0. The SMILES string of the molecule is CCC(NC(=O)C1=CC=CN(C)C1)S(=O)(=O)O. The van der Waals surface area contributed by atoms with Gasteiger partial charge in [-0.2, -0.15) is 8.42 Å². The van der Waals surface area contributed by atoms with Gasteiger partial charge >= 0.3 is 0 Å². The maximum absolute atomic E-state index is 11.7. The lowest BCUT2D eigenvalue weighted by Gasteiger charge is -2.21. The summed E-state index contributed by atoms with van der Waals surface area (Å²) in [5.74, 6) is -0.481. The number of nitrogens with zero attached hydrogens (tertiary/aromatic N) is 1. The number of likely N-dealkylation sites (N-methyl/N-ethyl adjacent to an activating group) is 1. The van der Waals surface area contributed by atoms with Gasteiger partial charge in [-0.25, -0.2) is 0 Å². The monoisotopic (exact) mass is 260 g/mol. The highest BCUT2D eigenvalue weighted by Crippen LogP contribution is 2.07. The van der Waals surface area contributed by atoms with Gasteiger partial charge in [-0.3, -0.25) is 9.35 Å². The van der Waals surface area contributed by atoms with Gasteiger partial charge in [0.05, 0.1) is 0 Å². The lowest BCUT2D eigenvalue weighted by molar-refractivity contribution is -0.118. The second-order valence-corrected chi connectivity index (χ2v) is 5.43. The molecule has 0 bridgehead atoms. The molecule has 0 radical (unpaired) electrons. The van der Waals surface area contributed by atoms with Crippen molar-refractivity contribution in [3.8, 4) is 0 Å². The van der Waals surface area contributed by atoms with Crippen LogP contribution >= 0.6 is 0 Å². The predicted molar refractivity (Wildman–Crippen MR) is 63.6 cm³/mol. The second-order valence-electron chi connectivity index (χ2n) is 3.83. The van der Waals surface area contributed by atoms with Crippen molar-refractivity contribution in [2.24, 2.45) is 0 Å². The normalized spacial score (nSPS) is 17.6. The first kappa shape index (κ1) is 13.7. The third-order valence-electron chi connectivity index (χ3n) is 2.37. The fraction of sp³-hybridized carbons (Fsp3) is 0.500. The minimum atomic E-state index is -4.25. The molecule has 0 saturated heterocycles. The molecule has 0 aliphatic carbocycles. The summed E-state index contributed by atoms with van der Waals surface area (Å²) in [4.78, 5) is 13.5. The number of rotatable bonds is 4. The summed E-state index contributed by atoms with van der Waals surface area (Å²) in [7, 11) is -2.45. The quantitative estimate of drug-likeness (QED) is 0.701. The molecule has 96 valence electrons. The number of hydrogen-bond donors (Lipinski definition) is 2. The molecule has 0 saturated carbocycles. The highest BCUT2D eigenvalue weighted by Gasteiger charge is 2.24. The highest BCUT2D eigenvalue weighted by molar-refractivity contribution is 7.86. The number of carbonyl (C=O) groups excluding carboxylic acids is 1. The van der Waals surface area contributed by atoms with E-state index in [-0.39, 0.29) is 6.42 Å². The molecule has 0 aromatic carbocycles. The molecule has 7 heteroatoms. The molecular weight excluding hydrogens is 244 g/mol. The highest BCUT2D eigenvalue weighted by atomic mass is 32.2. The summed E-state index contributed by atoms with van der Waals surface area (Å²) in [5, 5.41) is 1.03. The van der Waals surface area contributed by atoms with Crippen LogP contribution in [-0.4, -0.2) is 42.7 Å². The third-order valence-corrected chi connectivity index (χ3v) is 3.54. The fourth-order valence-corrected chi connectivity index (χ4v) is 2.13. The van der Waals surface area contributed by atoms with Crippen molar-refractivity contribution in [2.45, 2.75) is 18.7 Å². The van der Waals surface area contributed by atoms with E-state index in [1.54, 1.807) is 37.2 Å². The topological polar surface area (TPSA) is 86.7 Å². The third kappa shape index (κ3) is 3.86. The molecule has 1 unspecified atom stereocenters. The first-order chi connectivity index (χ1) is 7.84.